The fourth-order valence-electron chi connectivity index (χ4n) is 2.26. The summed E-state index contributed by atoms with van der Waals surface area (Å²) in [5.41, 5.74) is 1.74. The molecule has 0 radical (unpaired) electrons. The molecule has 3 rings (SSSR count). The van der Waals surface area contributed by atoms with Gasteiger partial charge >= 0.3 is 0 Å². The van der Waals surface area contributed by atoms with E-state index in [-0.39, 0.29) is 5.75 Å². The fourth-order valence-corrected chi connectivity index (χ4v) is 3.13. The molecule has 0 spiro atoms. The van der Waals surface area contributed by atoms with Crippen LogP contribution in [0.1, 0.15) is 0 Å². The summed E-state index contributed by atoms with van der Waals surface area (Å²) in [6.45, 7) is 0. The van der Waals surface area contributed by atoms with E-state index in [1.54, 1.807) is 19.2 Å². The van der Waals surface area contributed by atoms with Gasteiger partial charge in [-0.2, -0.15) is 5.26 Å². The van der Waals surface area contributed by atoms with E-state index < -0.39 is 0 Å². The largest absolute Gasteiger partial charge is 0.495 e. The number of rotatable bonds is 5. The molecule has 2 aromatic carbocycles. The maximum atomic E-state index is 8.86. The Balaban J connectivity index is 2.15. The first-order valence-electron chi connectivity index (χ1n) is 7.09. The van der Waals surface area contributed by atoms with Gasteiger partial charge in [0.2, 0.25) is 0 Å². The number of ether oxygens (including phenoxy) is 1. The Kier molecular flexibility index (Phi) is 5.04. The lowest BCUT2D eigenvalue weighted by molar-refractivity contribution is 0.415. The maximum Gasteiger partial charge on any atom is 0.197 e. The highest BCUT2D eigenvalue weighted by molar-refractivity contribution is 7.99. The van der Waals surface area contributed by atoms with E-state index in [0.29, 0.717) is 21.8 Å². The molecule has 0 aliphatic carbocycles. The van der Waals surface area contributed by atoms with E-state index in [1.165, 1.54) is 11.8 Å². The summed E-state index contributed by atoms with van der Waals surface area (Å²) in [4.78, 5) is 0. The van der Waals surface area contributed by atoms with Crippen molar-refractivity contribution in [2.45, 2.75) is 5.16 Å². The molecule has 0 bridgehead atoms. The summed E-state index contributed by atoms with van der Waals surface area (Å²) in [5.74, 6) is 1.58. The summed E-state index contributed by atoms with van der Waals surface area (Å²) in [6.07, 6.45) is 0. The average molecular weight is 357 g/mol. The van der Waals surface area contributed by atoms with Crippen LogP contribution in [0, 0.1) is 11.3 Å². The number of hydrogen-bond acceptors (Lipinski definition) is 5. The van der Waals surface area contributed by atoms with Crippen molar-refractivity contribution in [2.75, 3.05) is 12.9 Å². The van der Waals surface area contributed by atoms with Crippen LogP contribution in [0.5, 0.6) is 5.75 Å². The Labute approximate surface area is 148 Å². The second-order valence-corrected chi connectivity index (χ2v) is 6.12. The van der Waals surface area contributed by atoms with Crippen molar-refractivity contribution in [3.8, 4) is 28.9 Å². The summed E-state index contributed by atoms with van der Waals surface area (Å²) in [5, 5.41) is 18.5. The second-order valence-electron chi connectivity index (χ2n) is 4.77. The van der Waals surface area contributed by atoms with Gasteiger partial charge in [-0.15, -0.1) is 10.2 Å². The molecular formula is C17H13ClN4OS. The normalized spacial score (nSPS) is 10.4. The van der Waals surface area contributed by atoms with Crippen molar-refractivity contribution in [3.05, 3.63) is 53.6 Å². The number of hydrogen-bond donors (Lipinski definition) is 0. The van der Waals surface area contributed by atoms with E-state index in [2.05, 4.69) is 16.3 Å². The number of nitriles is 1. The predicted molar refractivity (Wildman–Crippen MR) is 94.7 cm³/mol. The zero-order valence-corrected chi connectivity index (χ0v) is 14.4. The Morgan fingerprint density at radius 1 is 1.21 bits per heavy atom. The van der Waals surface area contributed by atoms with Gasteiger partial charge in [-0.05, 0) is 18.2 Å². The average Bonchev–Trinajstić information content (AvgIpc) is 3.04. The van der Waals surface area contributed by atoms with Crippen LogP contribution in [-0.2, 0) is 0 Å². The standard InChI is InChI=1S/C17H13ClN4OS/c1-23-15-8-7-13(11-14(15)18)22-16(12-5-3-2-4-6-12)20-21-17(22)24-10-9-19/h2-8,11H,10H2,1H3. The smallest absolute Gasteiger partial charge is 0.197 e. The molecule has 0 aliphatic rings. The van der Waals surface area contributed by atoms with Crippen LogP contribution >= 0.6 is 23.4 Å². The number of thioether (sulfide) groups is 1. The minimum Gasteiger partial charge on any atom is -0.495 e. The van der Waals surface area contributed by atoms with E-state index in [9.17, 15) is 0 Å². The van der Waals surface area contributed by atoms with Crippen molar-refractivity contribution < 1.29 is 4.74 Å². The molecule has 7 heteroatoms. The molecule has 5 nitrogen and oxygen atoms in total. The third-order valence-corrected chi connectivity index (χ3v) is 4.42. The van der Waals surface area contributed by atoms with Gasteiger partial charge in [0.05, 0.1) is 29.6 Å². The van der Waals surface area contributed by atoms with E-state index >= 15 is 0 Å². The summed E-state index contributed by atoms with van der Waals surface area (Å²) >= 11 is 7.59. The molecule has 1 heterocycles. The quantitative estimate of drug-likeness (QED) is 0.641. The minimum absolute atomic E-state index is 0.289. The van der Waals surface area contributed by atoms with Gasteiger partial charge in [0.1, 0.15) is 5.75 Å². The van der Waals surface area contributed by atoms with Gasteiger partial charge in [-0.3, -0.25) is 4.57 Å². The molecule has 0 aliphatic heterocycles. The van der Waals surface area contributed by atoms with Crippen molar-refractivity contribution >= 4 is 23.4 Å². The van der Waals surface area contributed by atoms with Crippen LogP contribution in [0.4, 0.5) is 0 Å². The summed E-state index contributed by atoms with van der Waals surface area (Å²) in [7, 11) is 1.57. The Bertz CT molecular complexity index is 889. The lowest BCUT2D eigenvalue weighted by atomic mass is 10.2. The molecule has 0 saturated heterocycles. The molecule has 1 aromatic heterocycles. The van der Waals surface area contributed by atoms with Crippen LogP contribution < -0.4 is 4.74 Å². The van der Waals surface area contributed by atoms with Crippen molar-refractivity contribution in [3.63, 3.8) is 0 Å². The van der Waals surface area contributed by atoms with Crippen LogP contribution in [-0.4, -0.2) is 27.6 Å². The highest BCUT2D eigenvalue weighted by atomic mass is 35.5. The first-order chi connectivity index (χ1) is 11.7. The third kappa shape index (κ3) is 3.23. The van der Waals surface area contributed by atoms with Crippen LogP contribution in [0.3, 0.4) is 0 Å². The number of aromatic nitrogens is 3. The molecule has 120 valence electrons. The topological polar surface area (TPSA) is 63.7 Å². The van der Waals surface area contributed by atoms with Gasteiger partial charge in [0, 0.05) is 5.56 Å². The monoisotopic (exact) mass is 356 g/mol. The van der Waals surface area contributed by atoms with Gasteiger partial charge in [-0.1, -0.05) is 53.7 Å². The molecule has 0 amide bonds. The highest BCUT2D eigenvalue weighted by Crippen LogP contribution is 2.32. The number of nitrogens with zero attached hydrogens (tertiary/aromatic N) is 4. The molecule has 3 aromatic rings. The molecule has 0 N–H and O–H groups in total. The molecule has 0 unspecified atom stereocenters. The first-order valence-corrected chi connectivity index (χ1v) is 8.45. The van der Waals surface area contributed by atoms with Crippen LogP contribution in [0.2, 0.25) is 5.02 Å². The minimum atomic E-state index is 0.289. The van der Waals surface area contributed by atoms with E-state index in [4.69, 9.17) is 21.6 Å². The van der Waals surface area contributed by atoms with Crippen molar-refractivity contribution in [1.82, 2.24) is 14.8 Å². The van der Waals surface area contributed by atoms with E-state index in [1.807, 2.05) is 41.0 Å². The SMILES string of the molecule is COc1ccc(-n2c(SCC#N)nnc2-c2ccccc2)cc1Cl. The van der Waals surface area contributed by atoms with Crippen molar-refractivity contribution in [2.24, 2.45) is 0 Å². The highest BCUT2D eigenvalue weighted by Gasteiger charge is 2.17. The molecule has 0 fully saturated rings. The molecular weight excluding hydrogens is 344 g/mol. The van der Waals surface area contributed by atoms with E-state index in [0.717, 1.165) is 11.3 Å². The van der Waals surface area contributed by atoms with Gasteiger partial charge in [0.25, 0.3) is 0 Å². The molecule has 0 atom stereocenters. The molecule has 24 heavy (non-hydrogen) atoms. The van der Waals surface area contributed by atoms with Gasteiger partial charge < -0.3 is 4.74 Å². The summed E-state index contributed by atoms with van der Waals surface area (Å²) in [6, 6.07) is 17.3. The fraction of sp³-hybridized carbons (Fsp3) is 0.118. The number of benzene rings is 2. The predicted octanol–water partition coefficient (Wildman–Crippen LogP) is 4.21. The van der Waals surface area contributed by atoms with Crippen molar-refractivity contribution in [1.29, 1.82) is 5.26 Å². The zero-order valence-electron chi connectivity index (χ0n) is 12.8. The number of methoxy groups -OCH3 is 1. The lowest BCUT2D eigenvalue weighted by Crippen LogP contribution is -2.00. The first kappa shape index (κ1) is 16.4. The number of halogens is 1. The van der Waals surface area contributed by atoms with Gasteiger partial charge in [-0.25, -0.2) is 0 Å². The maximum absolute atomic E-state index is 8.86. The Morgan fingerprint density at radius 3 is 2.67 bits per heavy atom. The molecule has 0 saturated carbocycles. The lowest BCUT2D eigenvalue weighted by Gasteiger charge is -2.11. The van der Waals surface area contributed by atoms with Gasteiger partial charge in [0.15, 0.2) is 11.0 Å². The Hall–Kier alpha value is -2.49. The Morgan fingerprint density at radius 2 is 2.00 bits per heavy atom. The second kappa shape index (κ2) is 7.39. The third-order valence-electron chi connectivity index (χ3n) is 3.32. The van der Waals surface area contributed by atoms with Crippen LogP contribution in [0.15, 0.2) is 53.7 Å². The summed E-state index contributed by atoms with van der Waals surface area (Å²) < 4.78 is 7.10. The van der Waals surface area contributed by atoms with Crippen LogP contribution in [0.25, 0.3) is 17.1 Å². The zero-order chi connectivity index (χ0) is 16.9.